The molecule has 0 bridgehead atoms. The minimum atomic E-state index is -0.282. The Balaban J connectivity index is 1.59. The van der Waals surface area contributed by atoms with Crippen LogP contribution in [0.15, 0.2) is 58.9 Å². The molecule has 0 aromatic heterocycles. The second kappa shape index (κ2) is 11.7. The van der Waals surface area contributed by atoms with E-state index in [4.69, 9.17) is 14.7 Å². The number of nitriles is 1. The van der Waals surface area contributed by atoms with Crippen LogP contribution in [0.3, 0.4) is 0 Å². The number of carbonyl (C=O) groups is 1. The van der Waals surface area contributed by atoms with E-state index in [0.29, 0.717) is 12.0 Å². The van der Waals surface area contributed by atoms with Gasteiger partial charge in [-0.05, 0) is 55.4 Å². The van der Waals surface area contributed by atoms with Crippen molar-refractivity contribution >= 4 is 5.97 Å². The fourth-order valence-electron chi connectivity index (χ4n) is 4.42. The highest BCUT2D eigenvalue weighted by Gasteiger charge is 2.35. The van der Waals surface area contributed by atoms with Crippen molar-refractivity contribution in [1.29, 1.82) is 5.26 Å². The Hall–Kier alpha value is -2.54. The standard InChI is InChI=1S/C27H35NO3/c1-3-4-5-6-7-8-9-25(26-18-20(2)27(29)31-26)30-24-16-14-23(15-17-24)22-12-10-21(19-28)11-13-22/h10,12,14,16,25-26H,2-9,11,13,15,17-18H2,1H3. The van der Waals surface area contributed by atoms with Crippen LogP contribution in [0.5, 0.6) is 0 Å². The largest absolute Gasteiger partial charge is 0.491 e. The molecule has 0 aromatic carbocycles. The van der Waals surface area contributed by atoms with Gasteiger partial charge in [0.05, 0.1) is 11.8 Å². The summed E-state index contributed by atoms with van der Waals surface area (Å²) in [6.45, 7) is 6.06. The fourth-order valence-corrected chi connectivity index (χ4v) is 4.42. The molecule has 2 aliphatic carbocycles. The maximum atomic E-state index is 11.9. The molecule has 3 rings (SSSR count). The molecule has 0 radical (unpaired) electrons. The molecule has 0 saturated carbocycles. The molecular weight excluding hydrogens is 386 g/mol. The molecule has 166 valence electrons. The molecule has 1 heterocycles. The molecule has 0 amide bonds. The number of hydrogen-bond donors (Lipinski definition) is 0. The van der Waals surface area contributed by atoms with Crippen molar-refractivity contribution in [2.24, 2.45) is 0 Å². The third-order valence-corrected chi connectivity index (χ3v) is 6.37. The highest BCUT2D eigenvalue weighted by atomic mass is 16.6. The number of cyclic esters (lactones) is 1. The van der Waals surface area contributed by atoms with Gasteiger partial charge in [0, 0.05) is 24.0 Å². The summed E-state index contributed by atoms with van der Waals surface area (Å²) in [6, 6.07) is 2.24. The Morgan fingerprint density at radius 3 is 2.35 bits per heavy atom. The van der Waals surface area contributed by atoms with Crippen LogP contribution >= 0.6 is 0 Å². The SMILES string of the molecule is C=C1CC(C(CCCCCCCC)OC2=CC=C(C3=CC=C(C#N)CC3)CC2)OC1=O. The second-order valence-corrected chi connectivity index (χ2v) is 8.78. The normalized spacial score (nSPS) is 22.0. The summed E-state index contributed by atoms with van der Waals surface area (Å²) in [5, 5.41) is 9.02. The molecule has 0 aromatic rings. The number of unbranched alkanes of at least 4 members (excludes halogenated alkanes) is 5. The van der Waals surface area contributed by atoms with Crippen molar-refractivity contribution in [3.05, 3.63) is 58.9 Å². The van der Waals surface area contributed by atoms with E-state index in [2.05, 4.69) is 37.8 Å². The van der Waals surface area contributed by atoms with Crippen LogP contribution < -0.4 is 0 Å². The summed E-state index contributed by atoms with van der Waals surface area (Å²) >= 11 is 0. The van der Waals surface area contributed by atoms with Gasteiger partial charge in [0.25, 0.3) is 0 Å². The number of esters is 1. The van der Waals surface area contributed by atoms with Crippen LogP contribution in [0.2, 0.25) is 0 Å². The van der Waals surface area contributed by atoms with E-state index < -0.39 is 0 Å². The van der Waals surface area contributed by atoms with Crippen LogP contribution in [0, 0.1) is 11.3 Å². The van der Waals surface area contributed by atoms with Crippen LogP contribution in [0.25, 0.3) is 0 Å². The van der Waals surface area contributed by atoms with Gasteiger partial charge in [-0.25, -0.2) is 4.79 Å². The number of nitrogens with zero attached hydrogens (tertiary/aromatic N) is 1. The number of carbonyl (C=O) groups excluding carboxylic acids is 1. The summed E-state index contributed by atoms with van der Waals surface area (Å²) in [5.41, 5.74) is 4.05. The van der Waals surface area contributed by atoms with Gasteiger partial charge in [-0.1, -0.05) is 57.8 Å². The lowest BCUT2D eigenvalue weighted by molar-refractivity contribution is -0.144. The van der Waals surface area contributed by atoms with Gasteiger partial charge >= 0.3 is 5.97 Å². The summed E-state index contributed by atoms with van der Waals surface area (Å²) in [4.78, 5) is 11.9. The molecule has 0 spiro atoms. The van der Waals surface area contributed by atoms with E-state index in [0.717, 1.165) is 49.9 Å². The average molecular weight is 422 g/mol. The Kier molecular flexibility index (Phi) is 8.76. The van der Waals surface area contributed by atoms with Gasteiger partial charge in [0.15, 0.2) is 0 Å². The molecular formula is C27H35NO3. The van der Waals surface area contributed by atoms with Gasteiger partial charge < -0.3 is 9.47 Å². The highest BCUT2D eigenvalue weighted by molar-refractivity contribution is 5.90. The van der Waals surface area contributed by atoms with Crippen LogP contribution in [-0.4, -0.2) is 18.2 Å². The third kappa shape index (κ3) is 6.72. The number of rotatable bonds is 11. The second-order valence-electron chi connectivity index (χ2n) is 8.78. The Morgan fingerprint density at radius 1 is 1.06 bits per heavy atom. The molecule has 4 nitrogen and oxygen atoms in total. The van der Waals surface area contributed by atoms with Gasteiger partial charge in [0.2, 0.25) is 0 Å². The first kappa shape index (κ1) is 23.1. The highest BCUT2D eigenvalue weighted by Crippen LogP contribution is 2.33. The molecule has 0 N–H and O–H groups in total. The summed E-state index contributed by atoms with van der Waals surface area (Å²) in [6.07, 6.45) is 20.3. The van der Waals surface area contributed by atoms with Crippen molar-refractivity contribution < 1.29 is 14.3 Å². The first-order valence-electron chi connectivity index (χ1n) is 11.9. The first-order chi connectivity index (χ1) is 15.1. The zero-order valence-corrected chi connectivity index (χ0v) is 18.8. The number of ether oxygens (including phenoxy) is 2. The number of allylic oxidation sites excluding steroid dienone is 8. The molecule has 3 aliphatic rings. The topological polar surface area (TPSA) is 59.3 Å². The van der Waals surface area contributed by atoms with Gasteiger partial charge in [-0.15, -0.1) is 0 Å². The van der Waals surface area contributed by atoms with Crippen molar-refractivity contribution in [2.45, 2.75) is 96.2 Å². The fraction of sp³-hybridized carbons (Fsp3) is 0.556. The van der Waals surface area contributed by atoms with Crippen LogP contribution in [0.4, 0.5) is 0 Å². The smallest absolute Gasteiger partial charge is 0.333 e. The van der Waals surface area contributed by atoms with E-state index in [1.54, 1.807) is 0 Å². The Labute approximate surface area is 187 Å². The average Bonchev–Trinajstić information content (AvgIpc) is 3.14. The predicted octanol–water partition coefficient (Wildman–Crippen LogP) is 6.77. The minimum absolute atomic E-state index is 0.106. The predicted molar refractivity (Wildman–Crippen MR) is 123 cm³/mol. The lowest BCUT2D eigenvalue weighted by Gasteiger charge is -2.27. The molecule has 1 fully saturated rings. The molecule has 1 aliphatic heterocycles. The monoisotopic (exact) mass is 421 g/mol. The van der Waals surface area contributed by atoms with Crippen molar-refractivity contribution in [2.75, 3.05) is 0 Å². The maximum absolute atomic E-state index is 11.9. The van der Waals surface area contributed by atoms with Gasteiger partial charge in [-0.3, -0.25) is 0 Å². The molecule has 2 atom stereocenters. The molecule has 4 heteroatoms. The Bertz CT molecular complexity index is 821. The van der Waals surface area contributed by atoms with Crippen LogP contribution in [-0.2, 0) is 14.3 Å². The third-order valence-electron chi connectivity index (χ3n) is 6.37. The maximum Gasteiger partial charge on any atom is 0.333 e. The van der Waals surface area contributed by atoms with E-state index in [1.807, 2.05) is 6.08 Å². The van der Waals surface area contributed by atoms with Gasteiger partial charge in [0.1, 0.15) is 12.2 Å². The van der Waals surface area contributed by atoms with E-state index in [1.165, 1.54) is 43.3 Å². The lowest BCUT2D eigenvalue weighted by atomic mass is 9.89. The van der Waals surface area contributed by atoms with Crippen LogP contribution in [0.1, 0.15) is 84.0 Å². The quantitative estimate of drug-likeness (QED) is 0.210. The van der Waals surface area contributed by atoms with E-state index in [9.17, 15) is 4.79 Å². The Morgan fingerprint density at radius 2 is 1.77 bits per heavy atom. The van der Waals surface area contributed by atoms with Crippen molar-refractivity contribution in [3.63, 3.8) is 0 Å². The van der Waals surface area contributed by atoms with E-state index >= 15 is 0 Å². The summed E-state index contributed by atoms with van der Waals surface area (Å²) in [5.74, 6) is 0.688. The zero-order chi connectivity index (χ0) is 22.1. The summed E-state index contributed by atoms with van der Waals surface area (Å²) < 4.78 is 12.0. The van der Waals surface area contributed by atoms with Gasteiger partial charge in [-0.2, -0.15) is 5.26 Å². The zero-order valence-electron chi connectivity index (χ0n) is 18.8. The van der Waals surface area contributed by atoms with Crippen molar-refractivity contribution in [1.82, 2.24) is 0 Å². The molecule has 2 unspecified atom stereocenters. The number of hydrogen-bond acceptors (Lipinski definition) is 4. The molecule has 1 saturated heterocycles. The minimum Gasteiger partial charge on any atom is -0.491 e. The molecule has 31 heavy (non-hydrogen) atoms. The lowest BCUT2D eigenvalue weighted by Crippen LogP contribution is -2.29. The first-order valence-corrected chi connectivity index (χ1v) is 11.9. The summed E-state index contributed by atoms with van der Waals surface area (Å²) in [7, 11) is 0. The van der Waals surface area contributed by atoms with E-state index in [-0.39, 0.29) is 18.2 Å². The van der Waals surface area contributed by atoms with Crippen molar-refractivity contribution in [3.8, 4) is 6.07 Å².